The molecule has 0 saturated carbocycles. The second kappa shape index (κ2) is 14.4. The lowest BCUT2D eigenvalue weighted by molar-refractivity contribution is -0.119. The zero-order valence-electron chi connectivity index (χ0n) is 22.6. The Balaban J connectivity index is 3.29. The largest absolute Gasteiger partial charge is 0.381 e. The summed E-state index contributed by atoms with van der Waals surface area (Å²) < 4.78 is 23.9. The molecule has 0 aliphatic heterocycles. The minimum absolute atomic E-state index is 0.0521. The third-order valence-electron chi connectivity index (χ3n) is 5.95. The monoisotopic (exact) mass is 511 g/mol. The molecule has 1 amide bonds. The molecule has 7 heteroatoms. The van der Waals surface area contributed by atoms with Crippen molar-refractivity contribution in [3.63, 3.8) is 0 Å². The molecule has 1 aromatic rings. The van der Waals surface area contributed by atoms with E-state index in [1.807, 2.05) is 32.9 Å². The smallest absolute Gasteiger partial charge is 0.225 e. The van der Waals surface area contributed by atoms with Gasteiger partial charge in [0.05, 0.1) is 16.5 Å². The molecule has 196 valence electrons. The van der Waals surface area contributed by atoms with Crippen molar-refractivity contribution in [1.82, 2.24) is 0 Å². The van der Waals surface area contributed by atoms with E-state index in [0.29, 0.717) is 6.54 Å². The van der Waals surface area contributed by atoms with Crippen LogP contribution in [-0.2, 0) is 21.1 Å². The minimum Gasteiger partial charge on any atom is -0.381 e. The van der Waals surface area contributed by atoms with Crippen LogP contribution in [0.15, 0.2) is 81.9 Å². The minimum atomic E-state index is -3.35. The fourth-order valence-electron chi connectivity index (χ4n) is 3.18. The average Bonchev–Trinajstić information content (AvgIpc) is 2.81. The summed E-state index contributed by atoms with van der Waals surface area (Å²) in [6.45, 7) is 16.0. The second-order valence-electron chi connectivity index (χ2n) is 9.10. The van der Waals surface area contributed by atoms with Crippen molar-refractivity contribution in [1.29, 1.82) is 0 Å². The van der Waals surface area contributed by atoms with Crippen molar-refractivity contribution in [2.45, 2.75) is 48.0 Å². The molecular weight excluding hydrogens is 470 g/mol. The van der Waals surface area contributed by atoms with Gasteiger partial charge in [0.25, 0.3) is 0 Å². The zero-order valence-corrected chi connectivity index (χ0v) is 23.4. The number of allylic oxidation sites excluding steroid dienone is 6. The van der Waals surface area contributed by atoms with Crippen LogP contribution in [0.5, 0.6) is 0 Å². The van der Waals surface area contributed by atoms with Gasteiger partial charge in [-0.25, -0.2) is 8.42 Å². The van der Waals surface area contributed by atoms with Gasteiger partial charge in [-0.2, -0.15) is 0 Å². The Morgan fingerprint density at radius 3 is 2.44 bits per heavy atom. The summed E-state index contributed by atoms with van der Waals surface area (Å²) in [6, 6.07) is 6.33. The number of hydrogen-bond donors (Lipinski definition) is 2. The van der Waals surface area contributed by atoms with Crippen LogP contribution in [-0.4, -0.2) is 33.3 Å². The van der Waals surface area contributed by atoms with Crippen LogP contribution in [0.2, 0.25) is 0 Å². The number of aliphatic imine (C=N–C) groups is 1. The number of carbonyl (C=O) groups excluding carboxylic acids is 1. The molecule has 2 atom stereocenters. The summed E-state index contributed by atoms with van der Waals surface area (Å²) in [7, 11) is -3.35. The number of anilines is 1. The van der Waals surface area contributed by atoms with E-state index in [-0.39, 0.29) is 10.8 Å². The van der Waals surface area contributed by atoms with E-state index in [2.05, 4.69) is 48.9 Å². The van der Waals surface area contributed by atoms with Gasteiger partial charge in [-0.15, -0.1) is 0 Å². The van der Waals surface area contributed by atoms with E-state index < -0.39 is 21.7 Å². The number of amides is 1. The average molecular weight is 512 g/mol. The van der Waals surface area contributed by atoms with Gasteiger partial charge in [-0.05, 0) is 87.1 Å². The van der Waals surface area contributed by atoms with Crippen LogP contribution >= 0.6 is 0 Å². The number of aryl methyl sites for hydroxylation is 2. The van der Waals surface area contributed by atoms with Crippen molar-refractivity contribution in [2.24, 2.45) is 22.6 Å². The van der Waals surface area contributed by atoms with Gasteiger partial charge in [0.15, 0.2) is 9.84 Å². The number of nitrogens with one attached hydrogen (secondary N) is 1. The Morgan fingerprint density at radius 2 is 1.89 bits per heavy atom. The molecule has 1 rings (SSSR count). The van der Waals surface area contributed by atoms with Crippen LogP contribution in [0.25, 0.3) is 0 Å². The number of benzene rings is 1. The molecule has 0 aliphatic rings. The molecule has 0 aromatic heterocycles. The third-order valence-corrected chi connectivity index (χ3v) is 7.08. The molecule has 0 aliphatic carbocycles. The van der Waals surface area contributed by atoms with Crippen LogP contribution in [0.1, 0.15) is 45.7 Å². The Kier molecular flexibility index (Phi) is 12.3. The van der Waals surface area contributed by atoms with Crippen LogP contribution in [0.4, 0.5) is 5.69 Å². The highest BCUT2D eigenvalue weighted by atomic mass is 32.2. The Labute approximate surface area is 217 Å². The molecule has 0 heterocycles. The number of nitrogens with two attached hydrogens (primary N) is 1. The van der Waals surface area contributed by atoms with Gasteiger partial charge in [0, 0.05) is 24.7 Å². The van der Waals surface area contributed by atoms with E-state index in [0.717, 1.165) is 29.0 Å². The number of hydrogen-bond acceptors (Lipinski definition) is 5. The first-order valence-corrected chi connectivity index (χ1v) is 13.9. The standard InChI is InChI=1S/C29H41N3O3S/c1-9-11-27(36(8,34)35)15-13-20(3)22(5)16-28(32-19-24(7)29(30)33)23(6)18-31-26-14-12-21(4)25(10-2)17-26/h9,11-17,19-20,24,31H,1,10,18H2,2-8H3,(H2,30,33)/b15-13-,22-16+,27-11+,28-23-,32-19-. The van der Waals surface area contributed by atoms with E-state index >= 15 is 0 Å². The lowest BCUT2D eigenvalue weighted by atomic mass is 10.00. The summed E-state index contributed by atoms with van der Waals surface area (Å²) in [4.78, 5) is 16.3. The molecule has 6 nitrogen and oxygen atoms in total. The first kappa shape index (κ1) is 30.8. The Bertz CT molecular complexity index is 1200. The highest BCUT2D eigenvalue weighted by Crippen LogP contribution is 2.21. The van der Waals surface area contributed by atoms with Crippen molar-refractivity contribution in [3.8, 4) is 0 Å². The molecule has 0 bridgehead atoms. The maximum Gasteiger partial charge on any atom is 0.225 e. The first-order valence-electron chi connectivity index (χ1n) is 12.1. The van der Waals surface area contributed by atoms with Gasteiger partial charge in [0.1, 0.15) is 0 Å². The fraction of sp³-hybridized carbons (Fsp3) is 0.379. The highest BCUT2D eigenvalue weighted by Gasteiger charge is 2.10. The van der Waals surface area contributed by atoms with Gasteiger partial charge in [-0.3, -0.25) is 9.79 Å². The molecule has 1 aromatic carbocycles. The SMILES string of the molecule is C=C/C=C(\C=C/C(C)/C(C)=C/C(/N=C\C(C)C(N)=O)=C(\C)CNc1ccc(C)c(CC)c1)S(C)(=O)=O. The molecule has 2 unspecified atom stereocenters. The summed E-state index contributed by atoms with van der Waals surface area (Å²) in [6.07, 6.45) is 12.0. The van der Waals surface area contributed by atoms with Crippen molar-refractivity contribution in [3.05, 3.63) is 88.0 Å². The summed E-state index contributed by atoms with van der Waals surface area (Å²) in [5, 5.41) is 3.46. The van der Waals surface area contributed by atoms with Gasteiger partial charge in [0.2, 0.25) is 5.91 Å². The quantitative estimate of drug-likeness (QED) is 0.262. The van der Waals surface area contributed by atoms with Crippen molar-refractivity contribution < 1.29 is 13.2 Å². The predicted octanol–water partition coefficient (Wildman–Crippen LogP) is 5.69. The molecule has 3 N–H and O–H groups in total. The fourth-order valence-corrected chi connectivity index (χ4v) is 3.85. The number of primary amides is 1. The number of carbonyl (C=O) groups is 1. The number of sulfone groups is 1. The Hall–Kier alpha value is -3.19. The number of rotatable bonds is 13. The normalized spacial score (nSPS) is 15.6. The summed E-state index contributed by atoms with van der Waals surface area (Å²) in [5.74, 6) is -0.999. The number of nitrogens with zero attached hydrogens (tertiary/aromatic N) is 1. The lowest BCUT2D eigenvalue weighted by Gasteiger charge is -2.13. The van der Waals surface area contributed by atoms with E-state index in [4.69, 9.17) is 5.73 Å². The van der Waals surface area contributed by atoms with E-state index in [1.54, 1.807) is 19.2 Å². The molecule has 0 saturated heterocycles. The maximum atomic E-state index is 12.0. The molecule has 0 radical (unpaired) electrons. The lowest BCUT2D eigenvalue weighted by Crippen LogP contribution is -2.21. The third kappa shape index (κ3) is 10.2. The molecule has 0 spiro atoms. The first-order chi connectivity index (χ1) is 16.8. The van der Waals surface area contributed by atoms with Gasteiger partial charge in [-0.1, -0.05) is 44.2 Å². The van der Waals surface area contributed by atoms with Gasteiger partial charge < -0.3 is 11.1 Å². The van der Waals surface area contributed by atoms with Crippen molar-refractivity contribution in [2.75, 3.05) is 18.1 Å². The van der Waals surface area contributed by atoms with Crippen molar-refractivity contribution >= 4 is 27.6 Å². The van der Waals surface area contributed by atoms with Crippen LogP contribution in [0, 0.1) is 18.8 Å². The summed E-state index contributed by atoms with van der Waals surface area (Å²) >= 11 is 0. The molecule has 0 fully saturated rings. The highest BCUT2D eigenvalue weighted by molar-refractivity contribution is 7.94. The molecule has 36 heavy (non-hydrogen) atoms. The molecular formula is C29H41N3O3S. The second-order valence-corrected chi connectivity index (χ2v) is 11.1. The Morgan fingerprint density at radius 1 is 1.22 bits per heavy atom. The van der Waals surface area contributed by atoms with E-state index in [1.165, 1.54) is 29.5 Å². The van der Waals surface area contributed by atoms with Crippen LogP contribution in [0.3, 0.4) is 0 Å². The summed E-state index contributed by atoms with van der Waals surface area (Å²) in [5.41, 5.74) is 11.7. The van der Waals surface area contributed by atoms with E-state index in [9.17, 15) is 13.2 Å². The maximum absolute atomic E-state index is 12.0. The predicted molar refractivity (Wildman–Crippen MR) is 154 cm³/mol. The zero-order chi connectivity index (χ0) is 27.5. The van der Waals surface area contributed by atoms with Crippen LogP contribution < -0.4 is 11.1 Å². The topological polar surface area (TPSA) is 102 Å². The van der Waals surface area contributed by atoms with Gasteiger partial charge >= 0.3 is 0 Å².